The van der Waals surface area contributed by atoms with E-state index in [9.17, 15) is 4.79 Å². The van der Waals surface area contributed by atoms with Crippen LogP contribution in [0.2, 0.25) is 10.0 Å². The third kappa shape index (κ3) is 2.92. The summed E-state index contributed by atoms with van der Waals surface area (Å²) in [5.74, 6) is 0.124. The van der Waals surface area contributed by atoms with Gasteiger partial charge >= 0.3 is 0 Å². The van der Waals surface area contributed by atoms with Gasteiger partial charge in [-0.3, -0.25) is 4.79 Å². The Balaban J connectivity index is 2.24. The molecule has 0 radical (unpaired) electrons. The lowest BCUT2D eigenvalue weighted by molar-refractivity contribution is 0.0965. The number of carbonyl (C=O) groups excluding carboxylic acids is 1. The fourth-order valence-corrected chi connectivity index (χ4v) is 2.25. The van der Waals surface area contributed by atoms with Crippen molar-refractivity contribution in [2.75, 3.05) is 0 Å². The molecule has 0 atom stereocenters. The van der Waals surface area contributed by atoms with Gasteiger partial charge in [0.25, 0.3) is 0 Å². The summed E-state index contributed by atoms with van der Waals surface area (Å²) in [5, 5.41) is 0.966. The van der Waals surface area contributed by atoms with Crippen LogP contribution in [-0.2, 0) is 6.42 Å². The second-order valence-electron chi connectivity index (χ2n) is 3.40. The van der Waals surface area contributed by atoms with Crippen molar-refractivity contribution in [3.05, 3.63) is 56.4 Å². The van der Waals surface area contributed by atoms with E-state index in [1.54, 1.807) is 30.3 Å². The maximum atomic E-state index is 11.9. The summed E-state index contributed by atoms with van der Waals surface area (Å²) in [5.41, 5.74) is 0.619. The number of benzene rings is 1. The molecule has 0 amide bonds. The molecule has 0 N–H and O–H groups in total. The van der Waals surface area contributed by atoms with E-state index in [1.807, 2.05) is 0 Å². The lowest BCUT2D eigenvalue weighted by Crippen LogP contribution is -2.03. The summed E-state index contributed by atoms with van der Waals surface area (Å²) in [7, 11) is 0. The minimum atomic E-state index is -0.161. The Morgan fingerprint density at radius 2 is 1.82 bits per heavy atom. The van der Waals surface area contributed by atoms with Gasteiger partial charge in [-0.05, 0) is 45.8 Å². The Morgan fingerprint density at radius 3 is 2.35 bits per heavy atom. The summed E-state index contributed by atoms with van der Waals surface area (Å²) < 4.78 is 5.70. The van der Waals surface area contributed by atoms with E-state index in [2.05, 4.69) is 15.9 Å². The SMILES string of the molecule is O=C(Cc1c(Cl)cccc1Cl)c1ccc(Br)o1. The number of hydrogen-bond donors (Lipinski definition) is 0. The summed E-state index contributed by atoms with van der Waals surface area (Å²) in [6.07, 6.45) is 0.123. The molecule has 0 aliphatic heterocycles. The van der Waals surface area contributed by atoms with E-state index in [4.69, 9.17) is 27.6 Å². The van der Waals surface area contributed by atoms with Gasteiger partial charge in [-0.25, -0.2) is 0 Å². The molecule has 2 nitrogen and oxygen atoms in total. The van der Waals surface area contributed by atoms with Crippen LogP contribution < -0.4 is 0 Å². The number of ketones is 1. The van der Waals surface area contributed by atoms with Crippen LogP contribution in [0.1, 0.15) is 16.1 Å². The molecule has 2 aromatic rings. The molecule has 0 unspecified atom stereocenters. The topological polar surface area (TPSA) is 30.2 Å². The van der Waals surface area contributed by atoms with E-state index >= 15 is 0 Å². The first-order valence-corrected chi connectivity index (χ1v) is 6.34. The average Bonchev–Trinajstić information content (AvgIpc) is 2.70. The van der Waals surface area contributed by atoms with Crippen molar-refractivity contribution in [2.45, 2.75) is 6.42 Å². The Morgan fingerprint density at radius 1 is 1.18 bits per heavy atom. The van der Waals surface area contributed by atoms with Crippen molar-refractivity contribution in [1.82, 2.24) is 0 Å². The lowest BCUT2D eigenvalue weighted by atomic mass is 10.1. The first kappa shape index (κ1) is 12.7. The normalized spacial score (nSPS) is 10.5. The van der Waals surface area contributed by atoms with Crippen molar-refractivity contribution >= 4 is 44.9 Å². The van der Waals surface area contributed by atoms with E-state index in [-0.39, 0.29) is 18.0 Å². The molecular weight excluding hydrogens is 327 g/mol. The van der Waals surface area contributed by atoms with Gasteiger partial charge in [-0.2, -0.15) is 0 Å². The maximum Gasteiger partial charge on any atom is 0.202 e. The van der Waals surface area contributed by atoms with Crippen LogP contribution in [0.15, 0.2) is 39.4 Å². The number of halogens is 3. The van der Waals surface area contributed by atoms with Crippen molar-refractivity contribution in [3.63, 3.8) is 0 Å². The van der Waals surface area contributed by atoms with E-state index in [0.29, 0.717) is 20.3 Å². The summed E-state index contributed by atoms with van der Waals surface area (Å²) >= 11 is 15.1. The number of Topliss-reactive ketones (excluding diaryl/α,β-unsaturated/α-hetero) is 1. The Bertz CT molecular complexity index is 543. The average molecular weight is 334 g/mol. The van der Waals surface area contributed by atoms with Gasteiger partial charge in [-0.1, -0.05) is 29.3 Å². The monoisotopic (exact) mass is 332 g/mol. The van der Waals surface area contributed by atoms with Gasteiger partial charge in [0.05, 0.1) is 0 Å². The Labute approximate surface area is 117 Å². The van der Waals surface area contributed by atoms with Crippen LogP contribution in [0.4, 0.5) is 0 Å². The molecule has 0 spiro atoms. The molecule has 0 aliphatic rings. The zero-order chi connectivity index (χ0) is 12.4. The molecular formula is C12H7BrCl2O2. The molecule has 1 heterocycles. The summed E-state index contributed by atoms with van der Waals surface area (Å²) in [6.45, 7) is 0. The zero-order valence-corrected chi connectivity index (χ0v) is 11.6. The Kier molecular flexibility index (Phi) is 3.92. The van der Waals surface area contributed by atoms with E-state index < -0.39 is 0 Å². The fraction of sp³-hybridized carbons (Fsp3) is 0.0833. The molecule has 17 heavy (non-hydrogen) atoms. The molecule has 0 aliphatic carbocycles. The van der Waals surface area contributed by atoms with Crippen LogP contribution in [0, 0.1) is 0 Å². The number of rotatable bonds is 3. The highest BCUT2D eigenvalue weighted by Gasteiger charge is 2.15. The molecule has 1 aromatic carbocycles. The third-order valence-electron chi connectivity index (χ3n) is 2.25. The van der Waals surface area contributed by atoms with Crippen LogP contribution in [0.5, 0.6) is 0 Å². The number of furan rings is 1. The molecule has 0 saturated carbocycles. The smallest absolute Gasteiger partial charge is 0.202 e. The van der Waals surface area contributed by atoms with Gasteiger partial charge in [-0.15, -0.1) is 0 Å². The van der Waals surface area contributed by atoms with Crippen molar-refractivity contribution < 1.29 is 9.21 Å². The zero-order valence-electron chi connectivity index (χ0n) is 8.54. The maximum absolute atomic E-state index is 11.9. The molecule has 0 fully saturated rings. The second kappa shape index (κ2) is 5.25. The molecule has 2 rings (SSSR count). The van der Waals surface area contributed by atoms with Gasteiger partial charge in [0.1, 0.15) is 0 Å². The summed E-state index contributed by atoms with van der Waals surface area (Å²) in [4.78, 5) is 11.9. The predicted molar refractivity (Wildman–Crippen MR) is 70.9 cm³/mol. The molecule has 0 bridgehead atoms. The quantitative estimate of drug-likeness (QED) is 0.757. The van der Waals surface area contributed by atoms with E-state index in [1.165, 1.54) is 0 Å². The number of hydrogen-bond acceptors (Lipinski definition) is 2. The van der Waals surface area contributed by atoms with Gasteiger partial charge in [0, 0.05) is 16.5 Å². The molecule has 5 heteroatoms. The van der Waals surface area contributed by atoms with Crippen molar-refractivity contribution in [3.8, 4) is 0 Å². The van der Waals surface area contributed by atoms with Crippen LogP contribution >= 0.6 is 39.1 Å². The van der Waals surface area contributed by atoms with Gasteiger partial charge in [0.15, 0.2) is 10.4 Å². The second-order valence-corrected chi connectivity index (χ2v) is 5.00. The van der Waals surface area contributed by atoms with Gasteiger partial charge in [0.2, 0.25) is 5.78 Å². The van der Waals surface area contributed by atoms with Crippen molar-refractivity contribution in [2.24, 2.45) is 0 Å². The minimum absolute atomic E-state index is 0.123. The molecule has 1 aromatic heterocycles. The van der Waals surface area contributed by atoms with E-state index in [0.717, 1.165) is 0 Å². The van der Waals surface area contributed by atoms with Crippen LogP contribution in [0.3, 0.4) is 0 Å². The predicted octanol–water partition coefficient (Wildman–Crippen LogP) is 4.77. The highest BCUT2D eigenvalue weighted by Crippen LogP contribution is 2.26. The highest BCUT2D eigenvalue weighted by atomic mass is 79.9. The van der Waals surface area contributed by atoms with Gasteiger partial charge < -0.3 is 4.42 Å². The number of carbonyl (C=O) groups is 1. The first-order chi connectivity index (χ1) is 8.08. The minimum Gasteiger partial charge on any atom is -0.446 e. The molecule has 0 saturated heterocycles. The lowest BCUT2D eigenvalue weighted by Gasteiger charge is -2.04. The summed E-state index contributed by atoms with van der Waals surface area (Å²) in [6, 6.07) is 8.42. The first-order valence-electron chi connectivity index (χ1n) is 4.79. The standard InChI is InChI=1S/C12H7BrCl2O2/c13-12-5-4-11(17-12)10(16)6-7-8(14)2-1-3-9(7)15/h1-5H,6H2. The highest BCUT2D eigenvalue weighted by molar-refractivity contribution is 9.10. The molecule has 88 valence electrons. The van der Waals surface area contributed by atoms with Crippen LogP contribution in [0.25, 0.3) is 0 Å². The van der Waals surface area contributed by atoms with Crippen molar-refractivity contribution in [1.29, 1.82) is 0 Å². The Hall–Kier alpha value is -0.770. The largest absolute Gasteiger partial charge is 0.446 e. The fourth-order valence-electron chi connectivity index (χ4n) is 1.41. The third-order valence-corrected chi connectivity index (χ3v) is 3.38. The van der Waals surface area contributed by atoms with Crippen LogP contribution in [-0.4, -0.2) is 5.78 Å².